The van der Waals surface area contributed by atoms with Crippen LogP contribution < -0.4 is 0 Å². The summed E-state index contributed by atoms with van der Waals surface area (Å²) in [6, 6.07) is 6.99. The van der Waals surface area contributed by atoms with Gasteiger partial charge in [-0.3, -0.25) is 9.89 Å². The van der Waals surface area contributed by atoms with Gasteiger partial charge >= 0.3 is 5.97 Å². The standard InChI is InChI=1S/C17H19N3O3/c1-10-5-6-12(11(2)8-10)13-9-14(19-18-13)16(21)20-7-3-4-15(20)17(22)23/h5-6,8-9,15H,3-4,7H2,1-2H3,(H,18,19)(H,22,23)/t15-/m1/s1. The number of hydrogen-bond acceptors (Lipinski definition) is 3. The van der Waals surface area contributed by atoms with Gasteiger partial charge in [0.1, 0.15) is 11.7 Å². The summed E-state index contributed by atoms with van der Waals surface area (Å²) in [5.41, 5.74) is 4.23. The summed E-state index contributed by atoms with van der Waals surface area (Å²) in [5.74, 6) is -1.26. The van der Waals surface area contributed by atoms with E-state index in [0.717, 1.165) is 11.1 Å². The summed E-state index contributed by atoms with van der Waals surface area (Å²) in [4.78, 5) is 25.2. The van der Waals surface area contributed by atoms with E-state index in [-0.39, 0.29) is 5.91 Å². The van der Waals surface area contributed by atoms with Crippen LogP contribution in [0.2, 0.25) is 0 Å². The molecule has 0 aliphatic carbocycles. The van der Waals surface area contributed by atoms with Crippen molar-refractivity contribution in [3.63, 3.8) is 0 Å². The number of aromatic nitrogens is 2. The van der Waals surface area contributed by atoms with Crippen molar-refractivity contribution in [2.45, 2.75) is 32.7 Å². The highest BCUT2D eigenvalue weighted by atomic mass is 16.4. The molecule has 1 amide bonds. The number of aromatic amines is 1. The Morgan fingerprint density at radius 2 is 2.09 bits per heavy atom. The Balaban J connectivity index is 1.87. The van der Waals surface area contributed by atoms with E-state index in [9.17, 15) is 14.7 Å². The van der Waals surface area contributed by atoms with Gasteiger partial charge in [-0.25, -0.2) is 4.79 Å². The smallest absolute Gasteiger partial charge is 0.326 e. The molecule has 1 aromatic carbocycles. The lowest BCUT2D eigenvalue weighted by molar-refractivity contribution is -0.141. The molecule has 6 nitrogen and oxygen atoms in total. The molecule has 2 heterocycles. The van der Waals surface area contributed by atoms with E-state index in [1.807, 2.05) is 26.0 Å². The van der Waals surface area contributed by atoms with Crippen molar-refractivity contribution < 1.29 is 14.7 Å². The van der Waals surface area contributed by atoms with Crippen LogP contribution in [0.15, 0.2) is 24.3 Å². The number of carboxylic acid groups (broad SMARTS) is 1. The predicted molar refractivity (Wildman–Crippen MR) is 85.2 cm³/mol. The average Bonchev–Trinajstić information content (AvgIpc) is 3.16. The molecule has 23 heavy (non-hydrogen) atoms. The SMILES string of the molecule is Cc1ccc(-c2cc(C(=O)N3CCC[C@@H]3C(=O)O)[nH]n2)c(C)c1. The van der Waals surface area contributed by atoms with Crippen molar-refractivity contribution in [1.29, 1.82) is 0 Å². The third kappa shape index (κ3) is 2.84. The molecule has 2 aromatic rings. The Morgan fingerprint density at radius 3 is 2.78 bits per heavy atom. The minimum Gasteiger partial charge on any atom is -0.480 e. The van der Waals surface area contributed by atoms with Crippen LogP contribution in [-0.4, -0.2) is 44.7 Å². The molecule has 120 valence electrons. The van der Waals surface area contributed by atoms with Crippen LogP contribution >= 0.6 is 0 Å². The number of amides is 1. The van der Waals surface area contributed by atoms with E-state index in [1.54, 1.807) is 6.07 Å². The molecule has 1 saturated heterocycles. The largest absolute Gasteiger partial charge is 0.480 e. The normalized spacial score (nSPS) is 17.5. The molecule has 0 unspecified atom stereocenters. The molecule has 0 spiro atoms. The van der Waals surface area contributed by atoms with Crippen LogP contribution in [0.3, 0.4) is 0 Å². The molecule has 1 atom stereocenters. The van der Waals surface area contributed by atoms with Crippen LogP contribution in [0.1, 0.15) is 34.5 Å². The Bertz CT molecular complexity index is 766. The highest BCUT2D eigenvalue weighted by Crippen LogP contribution is 2.25. The van der Waals surface area contributed by atoms with Crippen LogP contribution in [0.5, 0.6) is 0 Å². The number of aliphatic carboxylic acids is 1. The van der Waals surface area contributed by atoms with Gasteiger partial charge in [-0.05, 0) is 38.3 Å². The highest BCUT2D eigenvalue weighted by molar-refractivity contribution is 5.96. The number of nitrogens with one attached hydrogen (secondary N) is 1. The van der Waals surface area contributed by atoms with Crippen LogP contribution in [0.4, 0.5) is 0 Å². The van der Waals surface area contributed by atoms with Gasteiger partial charge in [-0.15, -0.1) is 0 Å². The predicted octanol–water partition coefficient (Wildman–Crippen LogP) is 2.38. The molecular formula is C17H19N3O3. The maximum atomic E-state index is 12.5. The Hall–Kier alpha value is -2.63. The second-order valence-corrected chi connectivity index (χ2v) is 5.98. The molecule has 0 bridgehead atoms. The van der Waals surface area contributed by atoms with Crippen LogP contribution in [0.25, 0.3) is 11.3 Å². The lowest BCUT2D eigenvalue weighted by Crippen LogP contribution is -2.40. The summed E-state index contributed by atoms with van der Waals surface area (Å²) in [6.07, 6.45) is 1.21. The number of likely N-dealkylation sites (tertiary alicyclic amines) is 1. The quantitative estimate of drug-likeness (QED) is 0.911. The maximum absolute atomic E-state index is 12.5. The number of carbonyl (C=O) groups is 2. The summed E-state index contributed by atoms with van der Waals surface area (Å²) < 4.78 is 0. The molecule has 1 aliphatic rings. The first kappa shape index (κ1) is 15.3. The van der Waals surface area contributed by atoms with Crippen LogP contribution in [0, 0.1) is 13.8 Å². The van der Waals surface area contributed by atoms with Crippen molar-refractivity contribution in [2.75, 3.05) is 6.54 Å². The number of aryl methyl sites for hydroxylation is 2. The fourth-order valence-corrected chi connectivity index (χ4v) is 3.09. The molecule has 1 fully saturated rings. The molecule has 6 heteroatoms. The zero-order valence-electron chi connectivity index (χ0n) is 13.2. The van der Waals surface area contributed by atoms with Crippen LogP contribution in [-0.2, 0) is 4.79 Å². The molecule has 0 saturated carbocycles. The first-order valence-corrected chi connectivity index (χ1v) is 7.64. The van der Waals surface area contributed by atoms with Gasteiger partial charge in [0.15, 0.2) is 0 Å². The van der Waals surface area contributed by atoms with Gasteiger partial charge < -0.3 is 10.0 Å². The van der Waals surface area contributed by atoms with Gasteiger partial charge in [0.2, 0.25) is 0 Å². The number of carboxylic acids is 1. The number of nitrogens with zero attached hydrogens (tertiary/aromatic N) is 2. The van der Waals surface area contributed by atoms with E-state index in [0.29, 0.717) is 30.8 Å². The molecular weight excluding hydrogens is 294 g/mol. The van der Waals surface area contributed by atoms with E-state index in [2.05, 4.69) is 16.3 Å². The van der Waals surface area contributed by atoms with Crippen molar-refractivity contribution in [3.05, 3.63) is 41.1 Å². The average molecular weight is 313 g/mol. The van der Waals surface area contributed by atoms with E-state index < -0.39 is 12.0 Å². The first-order chi connectivity index (χ1) is 11.0. The minimum absolute atomic E-state index is 0.307. The number of carbonyl (C=O) groups excluding carboxylic acids is 1. The molecule has 1 aromatic heterocycles. The van der Waals surface area contributed by atoms with Gasteiger partial charge in [0, 0.05) is 12.1 Å². The Labute approximate surface area is 134 Å². The first-order valence-electron chi connectivity index (χ1n) is 7.64. The third-order valence-electron chi connectivity index (χ3n) is 4.26. The summed E-state index contributed by atoms with van der Waals surface area (Å²) in [7, 11) is 0. The second-order valence-electron chi connectivity index (χ2n) is 5.98. The molecule has 3 rings (SSSR count). The van der Waals surface area contributed by atoms with Crippen molar-refractivity contribution in [3.8, 4) is 11.3 Å². The van der Waals surface area contributed by atoms with Crippen molar-refractivity contribution in [2.24, 2.45) is 0 Å². The number of H-pyrrole nitrogens is 1. The summed E-state index contributed by atoms with van der Waals surface area (Å²) >= 11 is 0. The summed E-state index contributed by atoms with van der Waals surface area (Å²) in [5, 5.41) is 16.2. The Morgan fingerprint density at radius 1 is 1.30 bits per heavy atom. The van der Waals surface area contributed by atoms with Gasteiger partial charge in [0.25, 0.3) is 5.91 Å². The lowest BCUT2D eigenvalue weighted by atomic mass is 10.0. The molecule has 2 N–H and O–H groups in total. The van der Waals surface area contributed by atoms with Gasteiger partial charge in [0.05, 0.1) is 5.69 Å². The third-order valence-corrected chi connectivity index (χ3v) is 4.26. The second kappa shape index (κ2) is 5.87. The van der Waals surface area contributed by atoms with E-state index in [4.69, 9.17) is 0 Å². The Kier molecular flexibility index (Phi) is 3.90. The fourth-order valence-electron chi connectivity index (χ4n) is 3.09. The zero-order valence-corrected chi connectivity index (χ0v) is 13.2. The highest BCUT2D eigenvalue weighted by Gasteiger charge is 2.35. The van der Waals surface area contributed by atoms with Gasteiger partial charge in [-0.1, -0.05) is 23.8 Å². The summed E-state index contributed by atoms with van der Waals surface area (Å²) in [6.45, 7) is 4.49. The number of benzene rings is 1. The van der Waals surface area contributed by atoms with E-state index in [1.165, 1.54) is 10.5 Å². The number of hydrogen-bond donors (Lipinski definition) is 2. The molecule has 1 aliphatic heterocycles. The van der Waals surface area contributed by atoms with Crippen molar-refractivity contribution in [1.82, 2.24) is 15.1 Å². The monoisotopic (exact) mass is 313 g/mol. The number of rotatable bonds is 3. The lowest BCUT2D eigenvalue weighted by Gasteiger charge is -2.20. The molecule has 0 radical (unpaired) electrons. The fraction of sp³-hybridized carbons (Fsp3) is 0.353. The topological polar surface area (TPSA) is 86.3 Å². The minimum atomic E-state index is -0.954. The van der Waals surface area contributed by atoms with Crippen molar-refractivity contribution >= 4 is 11.9 Å². The van der Waals surface area contributed by atoms with Gasteiger partial charge in [-0.2, -0.15) is 5.10 Å². The maximum Gasteiger partial charge on any atom is 0.326 e. The zero-order chi connectivity index (χ0) is 16.6. The van der Waals surface area contributed by atoms with E-state index >= 15 is 0 Å².